The minimum atomic E-state index is -0.459. The lowest BCUT2D eigenvalue weighted by molar-refractivity contribution is -0.129. The highest BCUT2D eigenvalue weighted by Crippen LogP contribution is 2.37. The number of nitrogens with one attached hydrogen (secondary N) is 2. The zero-order valence-corrected chi connectivity index (χ0v) is 14.7. The molecule has 2 heterocycles. The van der Waals surface area contributed by atoms with Crippen LogP contribution in [0, 0.1) is 11.7 Å². The van der Waals surface area contributed by atoms with Gasteiger partial charge < -0.3 is 20.1 Å². The molecule has 1 aliphatic carbocycles. The lowest BCUT2D eigenvalue weighted by Gasteiger charge is -2.21. The highest BCUT2D eigenvalue weighted by Gasteiger charge is 2.38. The number of carbonyl (C=O) groups is 2. The fourth-order valence-corrected chi connectivity index (χ4v) is 3.14. The number of anilines is 1. The van der Waals surface area contributed by atoms with E-state index in [2.05, 4.69) is 20.8 Å². The minimum absolute atomic E-state index is 0.0832. The largest absolute Gasteiger partial charge is 0.337 e. The summed E-state index contributed by atoms with van der Waals surface area (Å²) in [5.41, 5.74) is 0.475. The van der Waals surface area contributed by atoms with E-state index >= 15 is 0 Å². The second-order valence-corrected chi connectivity index (χ2v) is 6.91. The normalized spacial score (nSPS) is 19.4. The van der Waals surface area contributed by atoms with Crippen LogP contribution < -0.4 is 10.6 Å². The monoisotopic (exact) mass is 373 g/mol. The van der Waals surface area contributed by atoms with Crippen LogP contribution in [0.25, 0.3) is 0 Å². The maximum atomic E-state index is 12.9. The Morgan fingerprint density at radius 2 is 2.04 bits per heavy atom. The van der Waals surface area contributed by atoms with E-state index in [4.69, 9.17) is 4.52 Å². The van der Waals surface area contributed by atoms with Gasteiger partial charge in [-0.25, -0.2) is 9.18 Å². The summed E-state index contributed by atoms with van der Waals surface area (Å²) >= 11 is 0. The van der Waals surface area contributed by atoms with E-state index in [1.165, 1.54) is 37.1 Å². The van der Waals surface area contributed by atoms with Crippen molar-refractivity contribution >= 4 is 17.6 Å². The number of likely N-dealkylation sites (tertiary alicyclic amines) is 1. The van der Waals surface area contributed by atoms with Crippen LogP contribution in [0.2, 0.25) is 0 Å². The van der Waals surface area contributed by atoms with Crippen LogP contribution in [0.3, 0.4) is 0 Å². The molecular formula is C18H20FN5O3. The summed E-state index contributed by atoms with van der Waals surface area (Å²) in [6.45, 7) is 0.833. The van der Waals surface area contributed by atoms with Gasteiger partial charge in [-0.05, 0) is 49.4 Å². The number of hydrogen-bond donors (Lipinski definition) is 2. The lowest BCUT2D eigenvalue weighted by Crippen LogP contribution is -2.30. The molecule has 2 N–H and O–H groups in total. The molecule has 2 aromatic rings. The fourth-order valence-electron chi connectivity index (χ4n) is 3.14. The number of amides is 3. The van der Waals surface area contributed by atoms with Crippen molar-refractivity contribution in [2.75, 3.05) is 11.9 Å². The van der Waals surface area contributed by atoms with Crippen LogP contribution >= 0.6 is 0 Å². The van der Waals surface area contributed by atoms with Gasteiger partial charge in [0.25, 0.3) is 0 Å². The third-order valence-corrected chi connectivity index (χ3v) is 4.76. The molecule has 0 radical (unpaired) electrons. The molecule has 3 amide bonds. The van der Waals surface area contributed by atoms with E-state index < -0.39 is 6.03 Å². The number of benzene rings is 1. The quantitative estimate of drug-likeness (QED) is 0.811. The summed E-state index contributed by atoms with van der Waals surface area (Å²) in [6, 6.07) is 4.82. The Kier molecular flexibility index (Phi) is 4.74. The van der Waals surface area contributed by atoms with Crippen molar-refractivity contribution in [1.29, 1.82) is 0 Å². The molecular weight excluding hydrogens is 353 g/mol. The van der Waals surface area contributed by atoms with Gasteiger partial charge in [0.05, 0.1) is 6.54 Å². The van der Waals surface area contributed by atoms with Crippen molar-refractivity contribution in [2.45, 2.75) is 38.3 Å². The summed E-state index contributed by atoms with van der Waals surface area (Å²) in [5.74, 6) is 1.10. The van der Waals surface area contributed by atoms with E-state index in [9.17, 15) is 14.0 Å². The standard InChI is InChI=1S/C18H20FN5O3/c19-12-3-5-13(6-4-12)21-18(26)20-9-15-22-17(27-23-15)14-7-8-16(25)24(14)10-11-1-2-11/h3-6,11,14H,1-2,7-10H2,(H2,20,21,26)/t14-/m0/s1. The molecule has 1 saturated carbocycles. The van der Waals surface area contributed by atoms with Gasteiger partial charge >= 0.3 is 6.03 Å². The zero-order valence-electron chi connectivity index (χ0n) is 14.7. The van der Waals surface area contributed by atoms with Crippen LogP contribution in [0.4, 0.5) is 14.9 Å². The highest BCUT2D eigenvalue weighted by molar-refractivity contribution is 5.89. The molecule has 142 valence electrons. The van der Waals surface area contributed by atoms with Crippen LogP contribution in [0.1, 0.15) is 43.4 Å². The molecule has 8 nitrogen and oxygen atoms in total. The molecule has 0 spiro atoms. The third-order valence-electron chi connectivity index (χ3n) is 4.76. The maximum Gasteiger partial charge on any atom is 0.319 e. The van der Waals surface area contributed by atoms with Crippen molar-refractivity contribution in [3.05, 3.63) is 41.8 Å². The van der Waals surface area contributed by atoms with Gasteiger partial charge in [0.1, 0.15) is 11.9 Å². The zero-order chi connectivity index (χ0) is 18.8. The van der Waals surface area contributed by atoms with E-state index in [1.807, 2.05) is 4.90 Å². The lowest BCUT2D eigenvalue weighted by atomic mass is 10.2. The minimum Gasteiger partial charge on any atom is -0.337 e. The Labute approximate surface area is 155 Å². The van der Waals surface area contributed by atoms with Crippen LogP contribution in [-0.4, -0.2) is 33.5 Å². The first-order valence-electron chi connectivity index (χ1n) is 9.01. The molecule has 2 fully saturated rings. The van der Waals surface area contributed by atoms with E-state index in [1.54, 1.807) is 0 Å². The smallest absolute Gasteiger partial charge is 0.319 e. The summed E-state index contributed by atoms with van der Waals surface area (Å²) in [6.07, 6.45) is 3.50. The average molecular weight is 373 g/mol. The number of rotatable bonds is 6. The van der Waals surface area contributed by atoms with E-state index in [-0.39, 0.29) is 24.3 Å². The van der Waals surface area contributed by atoms with Gasteiger partial charge in [0.2, 0.25) is 11.8 Å². The van der Waals surface area contributed by atoms with Gasteiger partial charge in [-0.15, -0.1) is 0 Å². The number of carbonyl (C=O) groups excluding carboxylic acids is 2. The maximum absolute atomic E-state index is 12.9. The SMILES string of the molecule is O=C(NCc1noc([C@@H]2CCC(=O)N2CC2CC2)n1)Nc1ccc(F)cc1. The predicted molar refractivity (Wildman–Crippen MR) is 93.0 cm³/mol. The Morgan fingerprint density at radius 3 is 2.78 bits per heavy atom. The van der Waals surface area contributed by atoms with Gasteiger partial charge in [-0.3, -0.25) is 4.79 Å². The Hall–Kier alpha value is -2.97. The predicted octanol–water partition coefficient (Wildman–Crippen LogP) is 2.60. The van der Waals surface area contributed by atoms with Crippen molar-refractivity contribution < 1.29 is 18.5 Å². The summed E-state index contributed by atoms with van der Waals surface area (Å²) < 4.78 is 18.2. The summed E-state index contributed by atoms with van der Waals surface area (Å²) in [7, 11) is 0. The molecule has 0 unspecified atom stereocenters. The molecule has 0 bridgehead atoms. The first-order chi connectivity index (χ1) is 13.1. The molecule has 1 aromatic carbocycles. The molecule has 2 aliphatic rings. The van der Waals surface area contributed by atoms with Gasteiger partial charge in [-0.2, -0.15) is 4.98 Å². The molecule has 1 atom stereocenters. The summed E-state index contributed by atoms with van der Waals surface area (Å²) in [5, 5.41) is 9.10. The van der Waals surface area contributed by atoms with Crippen LogP contribution in [-0.2, 0) is 11.3 Å². The van der Waals surface area contributed by atoms with E-state index in [0.717, 1.165) is 6.54 Å². The molecule has 1 aromatic heterocycles. The number of aromatic nitrogens is 2. The van der Waals surface area contributed by atoms with Crippen molar-refractivity contribution in [2.24, 2.45) is 5.92 Å². The second-order valence-electron chi connectivity index (χ2n) is 6.91. The van der Waals surface area contributed by atoms with Crippen molar-refractivity contribution in [3.8, 4) is 0 Å². The Bertz CT molecular complexity index is 834. The van der Waals surface area contributed by atoms with Crippen molar-refractivity contribution in [3.63, 3.8) is 0 Å². The van der Waals surface area contributed by atoms with Crippen LogP contribution in [0.5, 0.6) is 0 Å². The van der Waals surface area contributed by atoms with Crippen molar-refractivity contribution in [1.82, 2.24) is 20.4 Å². The molecule has 4 rings (SSSR count). The number of hydrogen-bond acceptors (Lipinski definition) is 5. The van der Waals surface area contributed by atoms with Gasteiger partial charge in [-0.1, -0.05) is 5.16 Å². The van der Waals surface area contributed by atoms with Crippen LogP contribution in [0.15, 0.2) is 28.8 Å². The first-order valence-corrected chi connectivity index (χ1v) is 9.01. The molecule has 1 saturated heterocycles. The molecule has 27 heavy (non-hydrogen) atoms. The first kappa shape index (κ1) is 17.4. The highest BCUT2D eigenvalue weighted by atomic mass is 19.1. The summed E-state index contributed by atoms with van der Waals surface area (Å²) in [4.78, 5) is 30.2. The van der Waals surface area contributed by atoms with Gasteiger partial charge in [0.15, 0.2) is 5.82 Å². The number of urea groups is 1. The third kappa shape index (κ3) is 4.24. The number of nitrogens with zero attached hydrogens (tertiary/aromatic N) is 3. The molecule has 1 aliphatic heterocycles. The molecule has 9 heteroatoms. The Balaban J connectivity index is 1.31. The fraction of sp³-hybridized carbons (Fsp3) is 0.444. The van der Waals surface area contributed by atoms with E-state index in [0.29, 0.717) is 36.2 Å². The van der Waals surface area contributed by atoms with Gasteiger partial charge in [0, 0.05) is 18.7 Å². The average Bonchev–Trinajstić information content (AvgIpc) is 3.23. The Morgan fingerprint density at radius 1 is 1.26 bits per heavy atom. The number of halogens is 1. The topological polar surface area (TPSA) is 100 Å². The second kappa shape index (κ2) is 7.34.